The maximum atomic E-state index is 2.60. The van der Waals surface area contributed by atoms with Gasteiger partial charge in [0.15, 0.2) is 0 Å². The predicted octanol–water partition coefficient (Wildman–Crippen LogP) is 1.35. The number of rotatable bonds is 1. The van der Waals surface area contributed by atoms with E-state index in [0.717, 1.165) is 17.9 Å². The fourth-order valence-electron chi connectivity index (χ4n) is 1.86. The molecule has 2 atom stereocenters. The van der Waals surface area contributed by atoms with Crippen molar-refractivity contribution in [2.24, 2.45) is 11.8 Å². The first-order chi connectivity index (χ1) is 4.27. The summed E-state index contributed by atoms with van der Waals surface area (Å²) in [6.07, 6.45) is 1.53. The van der Waals surface area contributed by atoms with Crippen molar-refractivity contribution in [2.75, 3.05) is 13.1 Å². The number of hydrogen-bond acceptors (Lipinski definition) is 1. The largest absolute Gasteiger partial charge is 0.300 e. The van der Waals surface area contributed by atoms with E-state index in [1.54, 1.807) is 0 Å². The fraction of sp³-hybridized carbons (Fsp3) is 1.00. The number of piperidine rings is 1. The summed E-state index contributed by atoms with van der Waals surface area (Å²) in [4.78, 5) is 2.60. The zero-order valence-electron chi connectivity index (χ0n) is 6.30. The molecular weight excluding hydrogens is 110 g/mol. The van der Waals surface area contributed by atoms with E-state index in [2.05, 4.69) is 18.7 Å². The van der Waals surface area contributed by atoms with Gasteiger partial charge in [-0.1, -0.05) is 0 Å². The molecule has 9 heavy (non-hydrogen) atoms. The van der Waals surface area contributed by atoms with Gasteiger partial charge in [-0.05, 0) is 32.1 Å². The molecule has 52 valence electrons. The van der Waals surface area contributed by atoms with Crippen LogP contribution in [0.25, 0.3) is 0 Å². The average Bonchev–Trinajstić information content (AvgIpc) is 2.40. The van der Waals surface area contributed by atoms with Crippen molar-refractivity contribution >= 4 is 0 Å². The smallest absolute Gasteiger partial charge is 0.00388 e. The summed E-state index contributed by atoms with van der Waals surface area (Å²) in [5.74, 6) is 2.21. The molecule has 1 aliphatic carbocycles. The Morgan fingerprint density at radius 3 is 2.11 bits per heavy atom. The number of nitrogens with zero attached hydrogens (tertiary/aromatic N) is 1. The SMILES string of the molecule is CC(C)N1C[C@H]2C[C@H]2C1. The summed E-state index contributed by atoms with van der Waals surface area (Å²) in [5.41, 5.74) is 0. The summed E-state index contributed by atoms with van der Waals surface area (Å²) in [6.45, 7) is 7.38. The van der Waals surface area contributed by atoms with Crippen LogP contribution in [0.15, 0.2) is 0 Å². The van der Waals surface area contributed by atoms with Gasteiger partial charge in [0.25, 0.3) is 0 Å². The van der Waals surface area contributed by atoms with Crippen LogP contribution in [0.2, 0.25) is 0 Å². The van der Waals surface area contributed by atoms with Crippen molar-refractivity contribution < 1.29 is 0 Å². The van der Waals surface area contributed by atoms with Crippen molar-refractivity contribution in [1.82, 2.24) is 4.90 Å². The first-order valence-electron chi connectivity index (χ1n) is 4.01. The molecule has 0 aromatic heterocycles. The maximum Gasteiger partial charge on any atom is 0.00388 e. The Morgan fingerprint density at radius 2 is 1.78 bits per heavy atom. The van der Waals surface area contributed by atoms with E-state index in [1.807, 2.05) is 0 Å². The summed E-state index contributed by atoms with van der Waals surface area (Å²) < 4.78 is 0. The van der Waals surface area contributed by atoms with Gasteiger partial charge >= 0.3 is 0 Å². The van der Waals surface area contributed by atoms with Crippen LogP contribution in [-0.2, 0) is 0 Å². The molecule has 0 spiro atoms. The fourth-order valence-corrected chi connectivity index (χ4v) is 1.86. The van der Waals surface area contributed by atoms with Gasteiger partial charge in [-0.25, -0.2) is 0 Å². The third-order valence-corrected chi connectivity index (χ3v) is 2.74. The van der Waals surface area contributed by atoms with Crippen LogP contribution in [0.4, 0.5) is 0 Å². The van der Waals surface area contributed by atoms with E-state index >= 15 is 0 Å². The molecule has 0 aromatic carbocycles. The van der Waals surface area contributed by atoms with E-state index < -0.39 is 0 Å². The van der Waals surface area contributed by atoms with Gasteiger partial charge in [-0.2, -0.15) is 0 Å². The quantitative estimate of drug-likeness (QED) is 0.511. The van der Waals surface area contributed by atoms with Crippen molar-refractivity contribution in [3.05, 3.63) is 0 Å². The van der Waals surface area contributed by atoms with Gasteiger partial charge in [0.2, 0.25) is 0 Å². The Kier molecular flexibility index (Phi) is 1.10. The topological polar surface area (TPSA) is 3.24 Å². The Morgan fingerprint density at radius 1 is 1.22 bits per heavy atom. The maximum absolute atomic E-state index is 2.60. The summed E-state index contributed by atoms with van der Waals surface area (Å²) >= 11 is 0. The van der Waals surface area contributed by atoms with Gasteiger partial charge in [-0.15, -0.1) is 0 Å². The molecule has 0 bridgehead atoms. The molecule has 0 unspecified atom stereocenters. The molecule has 0 amide bonds. The van der Waals surface area contributed by atoms with Crippen LogP contribution in [0.5, 0.6) is 0 Å². The molecule has 1 aliphatic heterocycles. The van der Waals surface area contributed by atoms with E-state index in [-0.39, 0.29) is 0 Å². The van der Waals surface area contributed by atoms with Crippen LogP contribution >= 0.6 is 0 Å². The third-order valence-electron chi connectivity index (χ3n) is 2.74. The Balaban J connectivity index is 1.90. The second-order valence-corrected chi connectivity index (χ2v) is 3.80. The number of hydrogen-bond donors (Lipinski definition) is 0. The molecule has 0 radical (unpaired) electrons. The second-order valence-electron chi connectivity index (χ2n) is 3.80. The highest BCUT2D eigenvalue weighted by atomic mass is 15.2. The molecule has 2 aliphatic rings. The first-order valence-corrected chi connectivity index (χ1v) is 4.01. The van der Waals surface area contributed by atoms with Crippen LogP contribution in [0.1, 0.15) is 20.3 Å². The van der Waals surface area contributed by atoms with Crippen LogP contribution < -0.4 is 0 Å². The van der Waals surface area contributed by atoms with Crippen molar-refractivity contribution in [1.29, 1.82) is 0 Å². The zero-order chi connectivity index (χ0) is 6.43. The Labute approximate surface area is 57.0 Å². The van der Waals surface area contributed by atoms with Gasteiger partial charge in [0.05, 0.1) is 0 Å². The molecule has 1 heterocycles. The van der Waals surface area contributed by atoms with E-state index in [0.29, 0.717) is 0 Å². The Hall–Kier alpha value is -0.0400. The lowest BCUT2D eigenvalue weighted by Crippen LogP contribution is -2.29. The molecule has 0 aromatic rings. The van der Waals surface area contributed by atoms with Gasteiger partial charge in [0, 0.05) is 19.1 Å². The van der Waals surface area contributed by atoms with Crippen molar-refractivity contribution in [2.45, 2.75) is 26.3 Å². The standard InChI is InChI=1S/C8H15N/c1-6(2)9-4-7-3-8(7)5-9/h6-8H,3-5H2,1-2H3/t7-,8+. The highest BCUT2D eigenvalue weighted by Gasteiger charge is 2.45. The molecular formula is C8H15N. The molecule has 1 heteroatoms. The molecule has 1 saturated heterocycles. The highest BCUT2D eigenvalue weighted by Crippen LogP contribution is 2.45. The summed E-state index contributed by atoms with van der Waals surface area (Å²) in [6, 6.07) is 0.790. The lowest BCUT2D eigenvalue weighted by Gasteiger charge is -2.21. The molecule has 1 nitrogen and oxygen atoms in total. The number of fused-ring (bicyclic) bond motifs is 1. The molecule has 2 rings (SSSR count). The Bertz CT molecular complexity index is 110. The molecule has 2 fully saturated rings. The molecule has 0 N–H and O–H groups in total. The first kappa shape index (κ1) is 5.72. The van der Waals surface area contributed by atoms with E-state index in [1.165, 1.54) is 19.5 Å². The van der Waals surface area contributed by atoms with Crippen LogP contribution in [0, 0.1) is 11.8 Å². The van der Waals surface area contributed by atoms with E-state index in [4.69, 9.17) is 0 Å². The van der Waals surface area contributed by atoms with Crippen molar-refractivity contribution in [3.63, 3.8) is 0 Å². The van der Waals surface area contributed by atoms with E-state index in [9.17, 15) is 0 Å². The number of likely N-dealkylation sites (tertiary alicyclic amines) is 1. The minimum atomic E-state index is 0.790. The minimum Gasteiger partial charge on any atom is -0.300 e. The molecule has 1 saturated carbocycles. The zero-order valence-corrected chi connectivity index (χ0v) is 6.30. The summed E-state index contributed by atoms with van der Waals surface area (Å²) in [7, 11) is 0. The van der Waals surface area contributed by atoms with Crippen LogP contribution in [-0.4, -0.2) is 24.0 Å². The van der Waals surface area contributed by atoms with Gasteiger partial charge < -0.3 is 4.90 Å². The highest BCUT2D eigenvalue weighted by molar-refractivity contribution is 4.97. The lowest BCUT2D eigenvalue weighted by molar-refractivity contribution is 0.248. The normalized spacial score (nSPS) is 41.7. The van der Waals surface area contributed by atoms with Crippen LogP contribution in [0.3, 0.4) is 0 Å². The monoisotopic (exact) mass is 125 g/mol. The predicted molar refractivity (Wildman–Crippen MR) is 38.3 cm³/mol. The van der Waals surface area contributed by atoms with Crippen molar-refractivity contribution in [3.8, 4) is 0 Å². The lowest BCUT2D eigenvalue weighted by atomic mass is 10.3. The second kappa shape index (κ2) is 1.72. The van der Waals surface area contributed by atoms with Gasteiger partial charge in [0.1, 0.15) is 0 Å². The summed E-state index contributed by atoms with van der Waals surface area (Å²) in [5, 5.41) is 0. The third kappa shape index (κ3) is 0.877. The van der Waals surface area contributed by atoms with Gasteiger partial charge in [-0.3, -0.25) is 0 Å². The average molecular weight is 125 g/mol. The minimum absolute atomic E-state index is 0.790.